The molecule has 6 rings (SSSR count). The Kier molecular flexibility index (Phi) is 2.43. The van der Waals surface area contributed by atoms with Crippen LogP contribution < -0.4 is 0 Å². The topological polar surface area (TPSA) is 65.4 Å². The number of allylic oxidation sites excluding steroid dienone is 4. The quantitative estimate of drug-likeness (QED) is 0.461. The van der Waals surface area contributed by atoms with E-state index >= 15 is 0 Å². The van der Waals surface area contributed by atoms with Gasteiger partial charge >= 0.3 is 0 Å². The summed E-state index contributed by atoms with van der Waals surface area (Å²) in [6.45, 7) is 0. The summed E-state index contributed by atoms with van der Waals surface area (Å²) in [6, 6.07) is 12.9. The fourth-order valence-corrected chi connectivity index (χ4v) is 4.39. The van der Waals surface area contributed by atoms with Crippen molar-refractivity contribution in [2.45, 2.75) is 18.3 Å². The second kappa shape index (κ2) is 4.59. The molecule has 2 aliphatic rings. The van der Waals surface area contributed by atoms with Crippen molar-refractivity contribution < 1.29 is 0 Å². The molecule has 1 N–H and O–H groups in total. The number of nitrogens with zero attached hydrogens (tertiary/aromatic N) is 3. The smallest absolute Gasteiger partial charge is 0.122 e. The van der Waals surface area contributed by atoms with E-state index in [-0.39, 0.29) is 0 Å². The molecule has 2 aromatic carbocycles. The van der Waals surface area contributed by atoms with Gasteiger partial charge in [0.05, 0.1) is 28.3 Å². The van der Waals surface area contributed by atoms with Crippen LogP contribution in [0.5, 0.6) is 0 Å². The van der Waals surface area contributed by atoms with E-state index in [2.05, 4.69) is 34.2 Å². The summed E-state index contributed by atoms with van der Waals surface area (Å²) in [5, 5.41) is 13.3. The van der Waals surface area contributed by atoms with Gasteiger partial charge in [-0.25, -0.2) is 4.98 Å². The van der Waals surface area contributed by atoms with Gasteiger partial charge in [-0.05, 0) is 23.4 Å². The van der Waals surface area contributed by atoms with Crippen molar-refractivity contribution in [3.63, 3.8) is 0 Å². The molecule has 1 aliphatic carbocycles. The second-order valence-electron chi connectivity index (χ2n) is 7.09. The standard InChI is InChI=1S/C22H14N4/c23-12-22(8-4-1-5-9-22)21-15-7-3-2-6-14(15)18-16(24-21)10-13-11-17-25-19(13)20(18)26-17/h1-8,10H,9,11H2,(H,25,26). The predicted octanol–water partition coefficient (Wildman–Crippen LogP) is 4.45. The number of nitriles is 1. The molecule has 0 spiro atoms. The number of hydrogen-bond acceptors (Lipinski definition) is 3. The summed E-state index contributed by atoms with van der Waals surface area (Å²) >= 11 is 0. The van der Waals surface area contributed by atoms with Crippen LogP contribution in [0.25, 0.3) is 32.7 Å². The molecule has 122 valence electrons. The average molecular weight is 334 g/mol. The summed E-state index contributed by atoms with van der Waals surface area (Å²) < 4.78 is 0. The fraction of sp³-hybridized carbons (Fsp3) is 0.136. The Morgan fingerprint density at radius 1 is 1.12 bits per heavy atom. The molecule has 2 bridgehead atoms. The minimum Gasteiger partial charge on any atom is -0.341 e. The maximum atomic E-state index is 10.0. The number of aromatic nitrogens is 3. The molecule has 4 heteroatoms. The lowest BCUT2D eigenvalue weighted by Gasteiger charge is -2.25. The third-order valence-electron chi connectivity index (χ3n) is 5.61. The van der Waals surface area contributed by atoms with E-state index in [1.54, 1.807) is 0 Å². The summed E-state index contributed by atoms with van der Waals surface area (Å²) in [7, 11) is 0. The maximum Gasteiger partial charge on any atom is 0.122 e. The molecule has 26 heavy (non-hydrogen) atoms. The third kappa shape index (κ3) is 1.58. The Morgan fingerprint density at radius 2 is 2.00 bits per heavy atom. The highest BCUT2D eigenvalue weighted by molar-refractivity contribution is 6.19. The molecule has 1 atom stereocenters. The Bertz CT molecular complexity index is 1350. The van der Waals surface area contributed by atoms with Gasteiger partial charge in [-0.1, -0.05) is 48.6 Å². The van der Waals surface area contributed by atoms with Crippen molar-refractivity contribution in [1.29, 1.82) is 5.26 Å². The van der Waals surface area contributed by atoms with Crippen LogP contribution in [0.15, 0.2) is 54.6 Å². The number of hydrogen-bond donors (Lipinski definition) is 1. The number of benzene rings is 2. The van der Waals surface area contributed by atoms with Crippen LogP contribution in [0.1, 0.15) is 23.5 Å². The summed E-state index contributed by atoms with van der Waals surface area (Å²) in [5.74, 6) is 1.02. The van der Waals surface area contributed by atoms with Crippen LogP contribution in [0.3, 0.4) is 0 Å². The van der Waals surface area contributed by atoms with Crippen molar-refractivity contribution >= 4 is 32.7 Å². The normalized spacial score (nSPS) is 20.6. The fourth-order valence-electron chi connectivity index (χ4n) is 4.39. The SMILES string of the molecule is N#CC1(c2nc3cc4c5nc([nH]c5c3c3ccccc23)C4)C=CC=CC1. The van der Waals surface area contributed by atoms with E-state index in [1.807, 2.05) is 36.4 Å². The molecule has 1 unspecified atom stereocenters. The summed E-state index contributed by atoms with van der Waals surface area (Å²) in [6.07, 6.45) is 9.45. The van der Waals surface area contributed by atoms with E-state index in [0.29, 0.717) is 6.42 Å². The zero-order valence-electron chi connectivity index (χ0n) is 14.0. The lowest BCUT2D eigenvalue weighted by Crippen LogP contribution is -2.24. The lowest BCUT2D eigenvalue weighted by molar-refractivity contribution is 0.676. The number of imidazole rings is 1. The van der Waals surface area contributed by atoms with Gasteiger partial charge in [-0.3, -0.25) is 4.98 Å². The van der Waals surface area contributed by atoms with Gasteiger partial charge in [0.2, 0.25) is 0 Å². The first kappa shape index (κ1) is 13.8. The lowest BCUT2D eigenvalue weighted by atomic mass is 9.77. The van der Waals surface area contributed by atoms with Crippen LogP contribution >= 0.6 is 0 Å². The van der Waals surface area contributed by atoms with E-state index < -0.39 is 5.41 Å². The van der Waals surface area contributed by atoms with Crippen LogP contribution in [-0.4, -0.2) is 15.0 Å². The zero-order valence-corrected chi connectivity index (χ0v) is 14.0. The van der Waals surface area contributed by atoms with E-state index in [0.717, 1.165) is 50.6 Å². The first-order valence-electron chi connectivity index (χ1n) is 8.78. The first-order chi connectivity index (χ1) is 12.8. The number of nitrogens with one attached hydrogen (secondary N) is 1. The number of rotatable bonds is 1. The first-order valence-corrected chi connectivity index (χ1v) is 8.78. The number of aromatic amines is 1. The highest BCUT2D eigenvalue weighted by Gasteiger charge is 2.34. The molecule has 0 amide bonds. The largest absolute Gasteiger partial charge is 0.341 e. The molecule has 0 saturated heterocycles. The summed E-state index contributed by atoms with van der Waals surface area (Å²) in [5.41, 5.74) is 4.41. The highest BCUT2D eigenvalue weighted by Crippen LogP contribution is 2.41. The van der Waals surface area contributed by atoms with E-state index in [1.165, 1.54) is 5.56 Å². The zero-order chi connectivity index (χ0) is 17.3. The molecule has 0 fully saturated rings. The van der Waals surface area contributed by atoms with Gasteiger partial charge in [-0.15, -0.1) is 0 Å². The van der Waals surface area contributed by atoms with Crippen LogP contribution in [0.4, 0.5) is 0 Å². The van der Waals surface area contributed by atoms with Crippen molar-refractivity contribution in [3.05, 3.63) is 71.7 Å². The molecule has 2 aromatic heterocycles. The summed E-state index contributed by atoms with van der Waals surface area (Å²) in [4.78, 5) is 13.1. The van der Waals surface area contributed by atoms with Gasteiger partial charge in [0.15, 0.2) is 0 Å². The van der Waals surface area contributed by atoms with Crippen LogP contribution in [-0.2, 0) is 11.8 Å². The van der Waals surface area contributed by atoms with Gasteiger partial charge in [0, 0.05) is 17.2 Å². The Morgan fingerprint density at radius 3 is 2.77 bits per heavy atom. The molecular weight excluding hydrogens is 320 g/mol. The number of pyridine rings is 1. The molecule has 0 saturated carbocycles. The molecule has 1 aliphatic heterocycles. The Hall–Kier alpha value is -3.45. The highest BCUT2D eigenvalue weighted by atomic mass is 14.9. The minimum absolute atomic E-state index is 0.645. The van der Waals surface area contributed by atoms with Crippen molar-refractivity contribution in [3.8, 4) is 6.07 Å². The van der Waals surface area contributed by atoms with Gasteiger partial charge < -0.3 is 4.98 Å². The van der Waals surface area contributed by atoms with E-state index in [9.17, 15) is 5.26 Å². The number of fused-ring (bicyclic) bond motifs is 5. The monoisotopic (exact) mass is 334 g/mol. The maximum absolute atomic E-state index is 10.0. The van der Waals surface area contributed by atoms with Crippen LogP contribution in [0, 0.1) is 11.3 Å². The minimum atomic E-state index is -0.721. The van der Waals surface area contributed by atoms with Gasteiger partial charge in [0.1, 0.15) is 11.2 Å². The second-order valence-corrected chi connectivity index (χ2v) is 7.09. The number of H-pyrrole nitrogens is 1. The average Bonchev–Trinajstić information content (AvgIpc) is 3.29. The molecule has 0 radical (unpaired) electrons. The molecule has 3 heterocycles. The van der Waals surface area contributed by atoms with Gasteiger partial charge in [0.25, 0.3) is 0 Å². The molecule has 4 nitrogen and oxygen atoms in total. The van der Waals surface area contributed by atoms with Gasteiger partial charge in [-0.2, -0.15) is 5.26 Å². The van der Waals surface area contributed by atoms with Crippen LogP contribution in [0.2, 0.25) is 0 Å². The molecular formula is C22H14N4. The van der Waals surface area contributed by atoms with Crippen molar-refractivity contribution in [2.75, 3.05) is 0 Å². The molecule has 4 aromatic rings. The predicted molar refractivity (Wildman–Crippen MR) is 102 cm³/mol. The van der Waals surface area contributed by atoms with E-state index in [4.69, 9.17) is 4.98 Å². The Balaban J connectivity index is 1.82. The third-order valence-corrected chi connectivity index (χ3v) is 5.61. The van der Waals surface area contributed by atoms with Crippen molar-refractivity contribution in [1.82, 2.24) is 15.0 Å². The Labute approximate surface area is 149 Å². The van der Waals surface area contributed by atoms with Crippen molar-refractivity contribution in [2.24, 2.45) is 0 Å².